The minimum Gasteiger partial charge on any atom is -0.491 e. The molecule has 0 radical (unpaired) electrons. The van der Waals surface area contributed by atoms with Gasteiger partial charge in [-0.2, -0.15) is 0 Å². The number of hydrogen-bond acceptors (Lipinski definition) is 4. The topological polar surface area (TPSA) is 76.7 Å². The molecular formula is C25H24N2O4. The van der Waals surface area contributed by atoms with Crippen LogP contribution in [0.4, 0.5) is 11.4 Å². The summed E-state index contributed by atoms with van der Waals surface area (Å²) in [5.41, 5.74) is 2.58. The van der Waals surface area contributed by atoms with Gasteiger partial charge in [0.05, 0.1) is 12.3 Å². The zero-order valence-corrected chi connectivity index (χ0v) is 17.3. The summed E-state index contributed by atoms with van der Waals surface area (Å²) in [5.74, 6) is 0.833. The summed E-state index contributed by atoms with van der Waals surface area (Å²) in [7, 11) is 0. The lowest BCUT2D eigenvalue weighted by Crippen LogP contribution is -2.31. The number of benzene rings is 3. The van der Waals surface area contributed by atoms with Gasteiger partial charge in [-0.15, -0.1) is 0 Å². The van der Waals surface area contributed by atoms with E-state index in [2.05, 4.69) is 10.6 Å². The lowest BCUT2D eigenvalue weighted by Gasteiger charge is -2.13. The Morgan fingerprint density at radius 2 is 1.81 bits per heavy atom. The maximum atomic E-state index is 12.8. The molecular weight excluding hydrogens is 392 g/mol. The molecule has 2 N–H and O–H groups in total. The number of fused-ring (bicyclic) bond motifs is 1. The first-order valence-electron chi connectivity index (χ1n) is 10.3. The Morgan fingerprint density at radius 1 is 1.00 bits per heavy atom. The summed E-state index contributed by atoms with van der Waals surface area (Å²) >= 11 is 0. The average Bonchev–Trinajstić information content (AvgIpc) is 3.23. The molecule has 3 aromatic carbocycles. The van der Waals surface area contributed by atoms with Crippen molar-refractivity contribution < 1.29 is 19.1 Å². The van der Waals surface area contributed by atoms with Crippen LogP contribution in [-0.4, -0.2) is 24.5 Å². The van der Waals surface area contributed by atoms with Gasteiger partial charge in [0.25, 0.3) is 11.8 Å². The van der Waals surface area contributed by atoms with E-state index in [0.717, 1.165) is 17.7 Å². The van der Waals surface area contributed by atoms with Gasteiger partial charge < -0.3 is 20.1 Å². The van der Waals surface area contributed by atoms with Crippen molar-refractivity contribution in [2.24, 2.45) is 0 Å². The summed E-state index contributed by atoms with van der Waals surface area (Å²) in [5, 5.41) is 5.73. The lowest BCUT2D eigenvalue weighted by atomic mass is 10.1. The standard InChI is InChI=1S/C25H24N2O4/c1-2-14-30-22-13-6-4-11-20(22)27-24(28)18-9-7-10-19(15-18)26-25(29)23-16-17-8-3-5-12-21(17)31-23/h3-13,15,23H,2,14,16H2,1H3,(H,26,29)(H,27,28). The number of para-hydroxylation sites is 3. The van der Waals surface area contributed by atoms with Gasteiger partial charge in [0, 0.05) is 17.7 Å². The molecule has 1 atom stereocenters. The van der Waals surface area contributed by atoms with E-state index < -0.39 is 6.10 Å². The maximum Gasteiger partial charge on any atom is 0.265 e. The van der Waals surface area contributed by atoms with Crippen molar-refractivity contribution in [3.63, 3.8) is 0 Å². The molecule has 3 aromatic rings. The van der Waals surface area contributed by atoms with E-state index in [9.17, 15) is 9.59 Å². The fraction of sp³-hybridized carbons (Fsp3) is 0.200. The molecule has 0 saturated carbocycles. The van der Waals surface area contributed by atoms with Gasteiger partial charge in [-0.1, -0.05) is 43.3 Å². The molecule has 0 saturated heterocycles. The van der Waals surface area contributed by atoms with Crippen LogP contribution in [0.15, 0.2) is 72.8 Å². The van der Waals surface area contributed by atoms with Crippen molar-refractivity contribution >= 4 is 23.2 Å². The highest BCUT2D eigenvalue weighted by Gasteiger charge is 2.28. The lowest BCUT2D eigenvalue weighted by molar-refractivity contribution is -0.122. The van der Waals surface area contributed by atoms with Crippen LogP contribution in [-0.2, 0) is 11.2 Å². The van der Waals surface area contributed by atoms with Crippen molar-refractivity contribution in [3.05, 3.63) is 83.9 Å². The molecule has 31 heavy (non-hydrogen) atoms. The first-order chi connectivity index (χ1) is 15.1. The van der Waals surface area contributed by atoms with Crippen molar-refractivity contribution in [2.45, 2.75) is 25.9 Å². The quantitative estimate of drug-likeness (QED) is 0.587. The fourth-order valence-electron chi connectivity index (χ4n) is 3.39. The smallest absolute Gasteiger partial charge is 0.265 e. The van der Waals surface area contributed by atoms with E-state index >= 15 is 0 Å². The normalized spacial score (nSPS) is 14.3. The Morgan fingerprint density at radius 3 is 2.65 bits per heavy atom. The third kappa shape index (κ3) is 4.86. The summed E-state index contributed by atoms with van der Waals surface area (Å²) in [6.45, 7) is 2.60. The van der Waals surface area contributed by atoms with Crippen molar-refractivity contribution in [1.29, 1.82) is 0 Å². The molecule has 1 unspecified atom stereocenters. The van der Waals surface area contributed by atoms with Gasteiger partial charge in [-0.05, 0) is 48.4 Å². The number of ether oxygens (including phenoxy) is 2. The monoisotopic (exact) mass is 416 g/mol. The van der Waals surface area contributed by atoms with E-state index in [0.29, 0.717) is 35.7 Å². The summed E-state index contributed by atoms with van der Waals surface area (Å²) in [6, 6.07) is 21.8. The maximum absolute atomic E-state index is 12.8. The third-order valence-electron chi connectivity index (χ3n) is 4.93. The van der Waals surface area contributed by atoms with Crippen LogP contribution in [0.3, 0.4) is 0 Å². The largest absolute Gasteiger partial charge is 0.491 e. The SMILES string of the molecule is CCCOc1ccccc1NC(=O)c1cccc(NC(=O)C2Cc3ccccc3O2)c1. The zero-order valence-electron chi connectivity index (χ0n) is 17.3. The Balaban J connectivity index is 1.42. The van der Waals surface area contributed by atoms with E-state index in [1.807, 2.05) is 49.4 Å². The molecule has 0 aliphatic carbocycles. The van der Waals surface area contributed by atoms with Crippen molar-refractivity contribution in [2.75, 3.05) is 17.2 Å². The highest BCUT2D eigenvalue weighted by atomic mass is 16.5. The highest BCUT2D eigenvalue weighted by molar-refractivity contribution is 6.06. The number of carbonyl (C=O) groups is 2. The van der Waals surface area contributed by atoms with Gasteiger partial charge in [0.2, 0.25) is 0 Å². The molecule has 0 bridgehead atoms. The van der Waals surface area contributed by atoms with E-state index in [4.69, 9.17) is 9.47 Å². The van der Waals surface area contributed by atoms with E-state index in [-0.39, 0.29) is 11.8 Å². The van der Waals surface area contributed by atoms with Crippen molar-refractivity contribution in [3.8, 4) is 11.5 Å². The second-order valence-corrected chi connectivity index (χ2v) is 7.29. The van der Waals surface area contributed by atoms with Gasteiger partial charge in [-0.25, -0.2) is 0 Å². The highest BCUT2D eigenvalue weighted by Crippen LogP contribution is 2.29. The van der Waals surface area contributed by atoms with Crippen LogP contribution in [0, 0.1) is 0 Å². The van der Waals surface area contributed by atoms with Gasteiger partial charge in [-0.3, -0.25) is 9.59 Å². The second kappa shape index (κ2) is 9.34. The minimum absolute atomic E-state index is 0.243. The summed E-state index contributed by atoms with van der Waals surface area (Å²) < 4.78 is 11.4. The van der Waals surface area contributed by atoms with Gasteiger partial charge in [0.1, 0.15) is 11.5 Å². The molecule has 6 heteroatoms. The van der Waals surface area contributed by atoms with E-state index in [1.165, 1.54) is 0 Å². The van der Waals surface area contributed by atoms with Crippen LogP contribution >= 0.6 is 0 Å². The Hall–Kier alpha value is -3.80. The number of amides is 2. The molecule has 6 nitrogen and oxygen atoms in total. The Labute approximate surface area is 181 Å². The molecule has 158 valence electrons. The molecule has 2 amide bonds. The number of rotatable bonds is 7. The predicted molar refractivity (Wildman–Crippen MR) is 120 cm³/mol. The van der Waals surface area contributed by atoms with Crippen LogP contribution in [0.5, 0.6) is 11.5 Å². The van der Waals surface area contributed by atoms with Crippen LogP contribution in [0.25, 0.3) is 0 Å². The van der Waals surface area contributed by atoms with Gasteiger partial charge in [0.15, 0.2) is 6.10 Å². The van der Waals surface area contributed by atoms with Crippen molar-refractivity contribution in [1.82, 2.24) is 0 Å². The molecule has 0 spiro atoms. The summed E-state index contributed by atoms with van der Waals surface area (Å²) in [6.07, 6.45) is 0.814. The van der Waals surface area contributed by atoms with Crippen LogP contribution in [0.2, 0.25) is 0 Å². The predicted octanol–water partition coefficient (Wildman–Crippen LogP) is 4.67. The molecule has 0 fully saturated rings. The molecule has 1 aliphatic heterocycles. The van der Waals surface area contributed by atoms with E-state index in [1.54, 1.807) is 30.3 Å². The third-order valence-corrected chi connectivity index (χ3v) is 4.93. The second-order valence-electron chi connectivity index (χ2n) is 7.29. The first-order valence-corrected chi connectivity index (χ1v) is 10.3. The number of hydrogen-bond donors (Lipinski definition) is 2. The molecule has 4 rings (SSSR count). The van der Waals surface area contributed by atoms with Crippen LogP contribution in [0.1, 0.15) is 29.3 Å². The molecule has 0 aromatic heterocycles. The average molecular weight is 416 g/mol. The first kappa shape index (κ1) is 20.5. The Kier molecular flexibility index (Phi) is 6.17. The number of carbonyl (C=O) groups excluding carboxylic acids is 2. The Bertz CT molecular complexity index is 1070. The zero-order chi connectivity index (χ0) is 21.6. The number of anilines is 2. The van der Waals surface area contributed by atoms with Crippen LogP contribution < -0.4 is 20.1 Å². The van der Waals surface area contributed by atoms with Gasteiger partial charge >= 0.3 is 0 Å². The summed E-state index contributed by atoms with van der Waals surface area (Å²) in [4.78, 5) is 25.4. The fourth-order valence-corrected chi connectivity index (χ4v) is 3.39. The number of nitrogens with one attached hydrogen (secondary N) is 2. The molecule has 1 aliphatic rings. The molecule has 1 heterocycles. The minimum atomic E-state index is -0.586.